The van der Waals surface area contributed by atoms with Crippen LogP contribution in [0.15, 0.2) is 6.20 Å². The fraction of sp³-hybridized carbons (Fsp3) is 0.818. The highest BCUT2D eigenvalue weighted by Gasteiger charge is 2.25. The third-order valence-corrected chi connectivity index (χ3v) is 2.96. The number of rotatable bonds is 1. The van der Waals surface area contributed by atoms with Gasteiger partial charge in [-0.15, -0.1) is 5.10 Å². The maximum absolute atomic E-state index is 4.23. The van der Waals surface area contributed by atoms with Crippen molar-refractivity contribution in [2.45, 2.75) is 45.1 Å². The second-order valence-electron chi connectivity index (χ2n) is 5.31. The van der Waals surface area contributed by atoms with Crippen molar-refractivity contribution < 1.29 is 0 Å². The Morgan fingerprint density at radius 1 is 1.47 bits per heavy atom. The van der Waals surface area contributed by atoms with E-state index in [0.29, 0.717) is 6.04 Å². The molecule has 1 atom stereocenters. The fourth-order valence-corrected chi connectivity index (χ4v) is 2.09. The predicted octanol–water partition coefficient (Wildman–Crippen LogP) is 1.50. The minimum Gasteiger partial charge on any atom is -0.315 e. The maximum atomic E-state index is 4.23. The highest BCUT2D eigenvalue weighted by Crippen LogP contribution is 2.25. The third-order valence-electron chi connectivity index (χ3n) is 2.96. The molecule has 4 heteroatoms. The van der Waals surface area contributed by atoms with E-state index in [1.807, 2.05) is 6.20 Å². The lowest BCUT2D eigenvalue weighted by Gasteiger charge is -2.27. The molecule has 1 N–H and O–H groups in total. The zero-order valence-electron chi connectivity index (χ0n) is 9.82. The molecule has 0 aliphatic carbocycles. The quantitative estimate of drug-likeness (QED) is 0.760. The molecule has 0 aromatic carbocycles. The standard InChI is InChI=1S/C11H20N4/c1-11(2,3)10-8-13-14-15(10)9-5-4-6-12-7-9/h8-9,12H,4-7H2,1-3H3. The molecule has 4 nitrogen and oxygen atoms in total. The van der Waals surface area contributed by atoms with Crippen molar-refractivity contribution in [1.82, 2.24) is 20.3 Å². The molecule has 2 rings (SSSR count). The van der Waals surface area contributed by atoms with Crippen LogP contribution < -0.4 is 5.32 Å². The van der Waals surface area contributed by atoms with E-state index in [2.05, 4.69) is 41.1 Å². The van der Waals surface area contributed by atoms with Crippen LogP contribution in [-0.2, 0) is 5.41 Å². The molecule has 1 unspecified atom stereocenters. The van der Waals surface area contributed by atoms with Gasteiger partial charge in [0, 0.05) is 12.0 Å². The van der Waals surface area contributed by atoms with E-state index in [4.69, 9.17) is 0 Å². The minimum absolute atomic E-state index is 0.126. The first-order valence-electron chi connectivity index (χ1n) is 5.70. The molecule has 0 saturated carbocycles. The summed E-state index contributed by atoms with van der Waals surface area (Å²) in [5.74, 6) is 0. The van der Waals surface area contributed by atoms with Gasteiger partial charge in [-0.1, -0.05) is 26.0 Å². The summed E-state index contributed by atoms with van der Waals surface area (Å²) in [6.45, 7) is 8.78. The van der Waals surface area contributed by atoms with Gasteiger partial charge in [0.15, 0.2) is 0 Å². The highest BCUT2D eigenvalue weighted by molar-refractivity contribution is 5.09. The van der Waals surface area contributed by atoms with Crippen LogP contribution >= 0.6 is 0 Å². The van der Waals surface area contributed by atoms with E-state index < -0.39 is 0 Å². The van der Waals surface area contributed by atoms with Gasteiger partial charge in [0.1, 0.15) is 0 Å². The van der Waals surface area contributed by atoms with Crippen molar-refractivity contribution >= 4 is 0 Å². The Balaban J connectivity index is 2.24. The Labute approximate surface area is 91.1 Å². The van der Waals surface area contributed by atoms with Gasteiger partial charge in [-0.25, -0.2) is 4.68 Å². The van der Waals surface area contributed by atoms with Gasteiger partial charge in [0.2, 0.25) is 0 Å². The van der Waals surface area contributed by atoms with Crippen molar-refractivity contribution in [1.29, 1.82) is 0 Å². The molecule has 2 heterocycles. The number of aromatic nitrogens is 3. The van der Waals surface area contributed by atoms with Gasteiger partial charge < -0.3 is 5.32 Å². The van der Waals surface area contributed by atoms with Crippen LogP contribution in [0, 0.1) is 0 Å². The first-order chi connectivity index (χ1) is 7.09. The van der Waals surface area contributed by atoms with Crippen LogP contribution in [0.5, 0.6) is 0 Å². The molecule has 0 spiro atoms. The van der Waals surface area contributed by atoms with Crippen molar-refractivity contribution in [2.24, 2.45) is 0 Å². The molecule has 1 aromatic rings. The minimum atomic E-state index is 0.126. The van der Waals surface area contributed by atoms with Crippen LogP contribution in [-0.4, -0.2) is 28.1 Å². The largest absolute Gasteiger partial charge is 0.315 e. The second-order valence-corrected chi connectivity index (χ2v) is 5.31. The van der Waals surface area contributed by atoms with E-state index in [1.165, 1.54) is 18.5 Å². The maximum Gasteiger partial charge on any atom is 0.0730 e. The first kappa shape index (κ1) is 10.6. The third kappa shape index (κ3) is 2.20. The lowest BCUT2D eigenvalue weighted by molar-refractivity contribution is 0.320. The molecule has 1 aliphatic rings. The summed E-state index contributed by atoms with van der Waals surface area (Å²) in [7, 11) is 0. The van der Waals surface area contributed by atoms with Crippen LogP contribution in [0.2, 0.25) is 0 Å². The number of hydrogen-bond acceptors (Lipinski definition) is 3. The van der Waals surface area contributed by atoms with E-state index in [9.17, 15) is 0 Å². The zero-order valence-corrected chi connectivity index (χ0v) is 9.82. The SMILES string of the molecule is CC(C)(C)c1cnnn1C1CCCNC1. The zero-order chi connectivity index (χ0) is 10.9. The molecule has 1 fully saturated rings. The van der Waals surface area contributed by atoms with Crippen LogP contribution in [0.1, 0.15) is 45.3 Å². The van der Waals surface area contributed by atoms with Gasteiger partial charge in [-0.2, -0.15) is 0 Å². The molecule has 0 bridgehead atoms. The molecule has 0 radical (unpaired) electrons. The summed E-state index contributed by atoms with van der Waals surface area (Å²) < 4.78 is 2.10. The average molecular weight is 208 g/mol. The number of hydrogen-bond donors (Lipinski definition) is 1. The fourth-order valence-electron chi connectivity index (χ4n) is 2.09. The topological polar surface area (TPSA) is 42.7 Å². The average Bonchev–Trinajstić information content (AvgIpc) is 2.67. The van der Waals surface area contributed by atoms with E-state index in [0.717, 1.165) is 13.1 Å². The van der Waals surface area contributed by atoms with Gasteiger partial charge >= 0.3 is 0 Å². The van der Waals surface area contributed by atoms with Crippen molar-refractivity contribution in [3.05, 3.63) is 11.9 Å². The Morgan fingerprint density at radius 3 is 2.87 bits per heavy atom. The molecule has 1 saturated heterocycles. The van der Waals surface area contributed by atoms with E-state index >= 15 is 0 Å². The number of nitrogens with one attached hydrogen (secondary N) is 1. The van der Waals surface area contributed by atoms with Gasteiger partial charge in [0.25, 0.3) is 0 Å². The lowest BCUT2D eigenvalue weighted by Crippen LogP contribution is -2.34. The Morgan fingerprint density at radius 2 is 2.27 bits per heavy atom. The van der Waals surface area contributed by atoms with Gasteiger partial charge in [0.05, 0.1) is 17.9 Å². The Kier molecular flexibility index (Phi) is 2.78. The number of piperidine rings is 1. The summed E-state index contributed by atoms with van der Waals surface area (Å²) in [4.78, 5) is 0. The van der Waals surface area contributed by atoms with Gasteiger partial charge in [-0.05, 0) is 19.4 Å². The predicted molar refractivity (Wildman–Crippen MR) is 59.9 cm³/mol. The Bertz CT molecular complexity index is 318. The van der Waals surface area contributed by atoms with Crippen molar-refractivity contribution in [2.75, 3.05) is 13.1 Å². The summed E-state index contributed by atoms with van der Waals surface area (Å²) in [6, 6.07) is 0.482. The summed E-state index contributed by atoms with van der Waals surface area (Å²) in [5.41, 5.74) is 1.36. The summed E-state index contributed by atoms with van der Waals surface area (Å²) in [6.07, 6.45) is 4.34. The molecule has 1 aromatic heterocycles. The molecule has 84 valence electrons. The van der Waals surface area contributed by atoms with Crippen molar-refractivity contribution in [3.8, 4) is 0 Å². The van der Waals surface area contributed by atoms with E-state index in [1.54, 1.807) is 0 Å². The number of nitrogens with zero attached hydrogens (tertiary/aromatic N) is 3. The first-order valence-corrected chi connectivity index (χ1v) is 5.70. The van der Waals surface area contributed by atoms with Crippen LogP contribution in [0.25, 0.3) is 0 Å². The smallest absolute Gasteiger partial charge is 0.0730 e. The molecule has 0 amide bonds. The molecular formula is C11H20N4. The second kappa shape index (κ2) is 3.93. The van der Waals surface area contributed by atoms with Crippen LogP contribution in [0.3, 0.4) is 0 Å². The lowest BCUT2D eigenvalue weighted by atomic mass is 9.92. The monoisotopic (exact) mass is 208 g/mol. The molecular weight excluding hydrogens is 188 g/mol. The molecule has 1 aliphatic heterocycles. The summed E-state index contributed by atoms with van der Waals surface area (Å²) >= 11 is 0. The summed E-state index contributed by atoms with van der Waals surface area (Å²) in [5, 5.41) is 11.7. The van der Waals surface area contributed by atoms with Crippen molar-refractivity contribution in [3.63, 3.8) is 0 Å². The Hall–Kier alpha value is -0.900. The normalized spacial score (nSPS) is 23.0. The highest BCUT2D eigenvalue weighted by atomic mass is 15.4. The van der Waals surface area contributed by atoms with Gasteiger partial charge in [-0.3, -0.25) is 0 Å². The molecule has 15 heavy (non-hydrogen) atoms. The van der Waals surface area contributed by atoms with E-state index in [-0.39, 0.29) is 5.41 Å². The van der Waals surface area contributed by atoms with Crippen LogP contribution in [0.4, 0.5) is 0 Å².